The van der Waals surface area contributed by atoms with Gasteiger partial charge in [-0.2, -0.15) is 0 Å². The lowest BCUT2D eigenvalue weighted by atomic mass is 10.1. The first-order chi connectivity index (χ1) is 17.9. The van der Waals surface area contributed by atoms with Gasteiger partial charge in [0, 0.05) is 61.1 Å². The standard InChI is InChI=1S/C15H16N2O2.C14H14N2O2/c1-11-3-2-4-12(7-11)16-5-6-17-10-15(19)14(18)8-13(17)9-16;17-13-8-12-9-15(11-4-2-1-3-5-11)6-7-16(12)10-14(13)18/h2-4,7-8,10,19H,5-6,9H2,1H3;1-5,8,10,18H,6-7,9H2. The van der Waals surface area contributed by atoms with Crippen molar-refractivity contribution in [2.75, 3.05) is 22.9 Å². The number of aryl methyl sites for hydroxylation is 1. The highest BCUT2D eigenvalue weighted by Gasteiger charge is 2.18. The predicted octanol–water partition coefficient (Wildman–Crippen LogP) is 3.46. The molecule has 190 valence electrons. The number of hydrogen-bond donors (Lipinski definition) is 2. The maximum atomic E-state index is 11.5. The Labute approximate surface area is 214 Å². The summed E-state index contributed by atoms with van der Waals surface area (Å²) in [5, 5.41) is 18.9. The molecule has 4 aromatic rings. The van der Waals surface area contributed by atoms with Gasteiger partial charge in [-0.05, 0) is 36.8 Å². The van der Waals surface area contributed by atoms with Crippen molar-refractivity contribution in [1.29, 1.82) is 0 Å². The van der Waals surface area contributed by atoms with E-state index in [1.54, 1.807) is 0 Å². The Balaban J connectivity index is 0.000000152. The van der Waals surface area contributed by atoms with Gasteiger partial charge in [0.15, 0.2) is 11.5 Å². The molecule has 0 unspecified atom stereocenters. The van der Waals surface area contributed by atoms with E-state index in [4.69, 9.17) is 0 Å². The average molecular weight is 499 g/mol. The number of para-hydroxylation sites is 1. The molecule has 0 aliphatic carbocycles. The van der Waals surface area contributed by atoms with Gasteiger partial charge in [0.25, 0.3) is 0 Å². The van der Waals surface area contributed by atoms with E-state index in [0.717, 1.165) is 43.3 Å². The van der Waals surface area contributed by atoms with Gasteiger partial charge in [0.05, 0.1) is 25.5 Å². The third-order valence-corrected chi connectivity index (χ3v) is 6.81. The SMILES string of the molecule is Cc1cccc(N2CCn3cc(O)c(=O)cc3C2)c1.O=c1cc2n(cc1O)CCN(c1ccccc1)C2. The quantitative estimate of drug-likeness (QED) is 0.440. The minimum Gasteiger partial charge on any atom is -0.503 e. The van der Waals surface area contributed by atoms with Crippen LogP contribution < -0.4 is 20.7 Å². The fourth-order valence-corrected chi connectivity index (χ4v) is 4.80. The zero-order chi connectivity index (χ0) is 25.9. The van der Waals surface area contributed by atoms with Crippen LogP contribution in [0.5, 0.6) is 11.5 Å². The third-order valence-electron chi connectivity index (χ3n) is 6.81. The van der Waals surface area contributed by atoms with Gasteiger partial charge in [-0.3, -0.25) is 9.59 Å². The minimum atomic E-state index is -0.309. The highest BCUT2D eigenvalue weighted by atomic mass is 16.3. The Morgan fingerprint density at radius 1 is 0.622 bits per heavy atom. The van der Waals surface area contributed by atoms with Crippen LogP contribution in [0.4, 0.5) is 11.4 Å². The number of nitrogens with zero attached hydrogens (tertiary/aromatic N) is 4. The Kier molecular flexibility index (Phi) is 6.72. The highest BCUT2D eigenvalue weighted by Crippen LogP contribution is 2.22. The second-order valence-corrected chi connectivity index (χ2v) is 9.43. The van der Waals surface area contributed by atoms with E-state index >= 15 is 0 Å². The summed E-state index contributed by atoms with van der Waals surface area (Å²) in [6, 6.07) is 21.5. The van der Waals surface area contributed by atoms with E-state index in [2.05, 4.69) is 47.1 Å². The molecule has 6 rings (SSSR count). The van der Waals surface area contributed by atoms with Crippen LogP contribution in [-0.4, -0.2) is 32.4 Å². The number of rotatable bonds is 2. The largest absolute Gasteiger partial charge is 0.503 e. The lowest BCUT2D eigenvalue weighted by molar-refractivity contribution is 0.452. The van der Waals surface area contributed by atoms with Gasteiger partial charge < -0.3 is 29.1 Å². The first-order valence-electron chi connectivity index (χ1n) is 12.3. The van der Waals surface area contributed by atoms with Crippen molar-refractivity contribution in [3.63, 3.8) is 0 Å². The number of benzene rings is 2. The summed E-state index contributed by atoms with van der Waals surface area (Å²) in [5.74, 6) is -0.348. The molecule has 4 heterocycles. The number of aromatic hydroxyl groups is 2. The fraction of sp³-hybridized carbons (Fsp3) is 0.241. The highest BCUT2D eigenvalue weighted by molar-refractivity contribution is 5.49. The Morgan fingerprint density at radius 3 is 1.68 bits per heavy atom. The summed E-state index contributed by atoms with van der Waals surface area (Å²) in [5.41, 5.74) is 4.82. The molecule has 2 N–H and O–H groups in total. The number of fused-ring (bicyclic) bond motifs is 2. The van der Waals surface area contributed by atoms with Crippen LogP contribution in [-0.2, 0) is 26.2 Å². The van der Waals surface area contributed by atoms with Crippen molar-refractivity contribution < 1.29 is 10.2 Å². The summed E-state index contributed by atoms with van der Waals surface area (Å²) >= 11 is 0. The van der Waals surface area contributed by atoms with Crippen LogP contribution in [0.1, 0.15) is 17.0 Å². The molecule has 2 aliphatic rings. The molecule has 2 aliphatic heterocycles. The second-order valence-electron chi connectivity index (χ2n) is 9.43. The van der Waals surface area contributed by atoms with Crippen LogP contribution in [0.3, 0.4) is 0 Å². The normalized spacial score (nSPS) is 14.3. The lowest BCUT2D eigenvalue weighted by Crippen LogP contribution is -2.35. The smallest absolute Gasteiger partial charge is 0.223 e. The van der Waals surface area contributed by atoms with Crippen molar-refractivity contribution in [2.45, 2.75) is 33.1 Å². The molecule has 0 saturated heterocycles. The minimum absolute atomic E-state index is 0.173. The van der Waals surface area contributed by atoms with Crippen LogP contribution in [0.25, 0.3) is 0 Å². The Hall–Kier alpha value is -4.46. The molecule has 2 aromatic heterocycles. The van der Waals surface area contributed by atoms with Crippen molar-refractivity contribution >= 4 is 11.4 Å². The molecule has 2 aromatic carbocycles. The number of hydrogen-bond acceptors (Lipinski definition) is 6. The third kappa shape index (κ3) is 5.38. The van der Waals surface area contributed by atoms with Crippen LogP contribution in [0.15, 0.2) is 88.7 Å². The molecule has 0 spiro atoms. The van der Waals surface area contributed by atoms with Gasteiger partial charge in [0.2, 0.25) is 10.9 Å². The molecule has 8 heteroatoms. The van der Waals surface area contributed by atoms with Gasteiger partial charge in [0.1, 0.15) is 0 Å². The van der Waals surface area contributed by atoms with E-state index < -0.39 is 0 Å². The second kappa shape index (κ2) is 10.3. The van der Waals surface area contributed by atoms with Gasteiger partial charge in [-0.15, -0.1) is 0 Å². The first kappa shape index (κ1) is 24.2. The maximum Gasteiger partial charge on any atom is 0.223 e. The summed E-state index contributed by atoms with van der Waals surface area (Å²) < 4.78 is 3.89. The fourth-order valence-electron chi connectivity index (χ4n) is 4.80. The van der Waals surface area contributed by atoms with E-state index in [9.17, 15) is 19.8 Å². The monoisotopic (exact) mass is 498 g/mol. The Bertz CT molecular complexity index is 1530. The van der Waals surface area contributed by atoms with Gasteiger partial charge >= 0.3 is 0 Å². The number of aromatic nitrogens is 2. The maximum absolute atomic E-state index is 11.5. The molecule has 0 amide bonds. The summed E-state index contributed by atoms with van der Waals surface area (Å²) in [7, 11) is 0. The summed E-state index contributed by atoms with van der Waals surface area (Å²) in [6.07, 6.45) is 3.06. The van der Waals surface area contributed by atoms with E-state index in [0.29, 0.717) is 13.1 Å². The first-order valence-corrected chi connectivity index (χ1v) is 12.3. The van der Waals surface area contributed by atoms with Crippen LogP contribution >= 0.6 is 0 Å². The summed E-state index contributed by atoms with van der Waals surface area (Å²) in [4.78, 5) is 27.4. The van der Waals surface area contributed by atoms with Gasteiger partial charge in [-0.25, -0.2) is 0 Å². The zero-order valence-corrected chi connectivity index (χ0v) is 20.7. The molecule has 0 fully saturated rings. The zero-order valence-electron chi connectivity index (χ0n) is 20.7. The van der Waals surface area contributed by atoms with Gasteiger partial charge in [-0.1, -0.05) is 30.3 Å². The summed E-state index contributed by atoms with van der Waals surface area (Å²) in [6.45, 7) is 6.76. The van der Waals surface area contributed by atoms with Crippen molar-refractivity contribution in [3.05, 3.63) is 117 Å². The predicted molar refractivity (Wildman–Crippen MR) is 144 cm³/mol. The van der Waals surface area contributed by atoms with E-state index in [-0.39, 0.29) is 22.4 Å². The van der Waals surface area contributed by atoms with Crippen LogP contribution in [0, 0.1) is 6.92 Å². The van der Waals surface area contributed by atoms with Crippen molar-refractivity contribution in [2.24, 2.45) is 0 Å². The molecular formula is C29H30N4O4. The number of anilines is 2. The van der Waals surface area contributed by atoms with Crippen LogP contribution in [0.2, 0.25) is 0 Å². The average Bonchev–Trinajstić information content (AvgIpc) is 2.90. The lowest BCUT2D eigenvalue weighted by Gasteiger charge is -2.32. The molecule has 0 atom stereocenters. The topological polar surface area (TPSA) is 90.9 Å². The Morgan fingerprint density at radius 2 is 1.14 bits per heavy atom. The number of pyridine rings is 2. The van der Waals surface area contributed by atoms with E-state index in [1.165, 1.54) is 35.8 Å². The van der Waals surface area contributed by atoms with E-state index in [1.807, 2.05) is 33.4 Å². The molecular weight excluding hydrogens is 468 g/mol. The molecule has 0 radical (unpaired) electrons. The molecule has 8 nitrogen and oxygen atoms in total. The van der Waals surface area contributed by atoms with Crippen molar-refractivity contribution in [3.8, 4) is 11.5 Å². The molecule has 0 bridgehead atoms. The van der Waals surface area contributed by atoms with Crippen molar-refractivity contribution in [1.82, 2.24) is 9.13 Å². The molecule has 37 heavy (non-hydrogen) atoms. The molecule has 0 saturated carbocycles.